The molecule has 1 atom stereocenters. The molecule has 2 fully saturated rings. The Morgan fingerprint density at radius 3 is 2.53 bits per heavy atom. The molecule has 0 bridgehead atoms. The van der Waals surface area contributed by atoms with Crippen LogP contribution >= 0.6 is 11.6 Å². The van der Waals surface area contributed by atoms with Crippen LogP contribution in [0.3, 0.4) is 0 Å². The monoisotopic (exact) mass is 658 g/mol. The number of fused-ring (bicyclic) bond motifs is 1. The van der Waals surface area contributed by atoms with Crippen LogP contribution < -0.4 is 14.8 Å². The minimum absolute atomic E-state index is 0.0408. The molecule has 14 heteroatoms. The molecule has 1 saturated carbocycles. The Labute approximate surface area is 265 Å². The SMILES string of the molecule is COc1ncc(Cl)cc1S(=O)(=O)Nc1ccc(F)c(-c2ccc3nc(NC4CCC(N5CCC(OC)C5)CC4)ncc3c2)c1F. The number of rotatable bonds is 9. The van der Waals surface area contributed by atoms with Gasteiger partial charge in [-0.05, 0) is 68.0 Å². The second-order valence-electron chi connectivity index (χ2n) is 11.3. The van der Waals surface area contributed by atoms with Crippen LogP contribution in [0, 0.1) is 11.6 Å². The van der Waals surface area contributed by atoms with Crippen molar-refractivity contribution in [3.63, 3.8) is 0 Å². The largest absolute Gasteiger partial charge is 0.480 e. The van der Waals surface area contributed by atoms with Gasteiger partial charge in [0.05, 0.1) is 35.0 Å². The van der Waals surface area contributed by atoms with Gasteiger partial charge in [-0.25, -0.2) is 32.2 Å². The maximum Gasteiger partial charge on any atom is 0.267 e. The van der Waals surface area contributed by atoms with Crippen molar-refractivity contribution in [3.05, 3.63) is 65.4 Å². The summed E-state index contributed by atoms with van der Waals surface area (Å²) in [5.41, 5.74) is -0.0593. The Balaban J connectivity index is 1.17. The van der Waals surface area contributed by atoms with E-state index >= 15 is 8.78 Å². The third-order valence-corrected chi connectivity index (χ3v) is 10.1. The first kappa shape index (κ1) is 31.3. The summed E-state index contributed by atoms with van der Waals surface area (Å²) in [5, 5.41) is 4.06. The van der Waals surface area contributed by atoms with Gasteiger partial charge in [-0.2, -0.15) is 0 Å². The van der Waals surface area contributed by atoms with Crippen molar-refractivity contribution in [1.82, 2.24) is 19.9 Å². The van der Waals surface area contributed by atoms with Gasteiger partial charge in [-0.3, -0.25) is 9.62 Å². The molecule has 10 nitrogen and oxygen atoms in total. The zero-order chi connectivity index (χ0) is 31.7. The Hall–Kier alpha value is -3.65. The van der Waals surface area contributed by atoms with Crippen molar-refractivity contribution in [1.29, 1.82) is 0 Å². The zero-order valence-electron chi connectivity index (χ0n) is 24.8. The van der Waals surface area contributed by atoms with Gasteiger partial charge < -0.3 is 14.8 Å². The van der Waals surface area contributed by atoms with Gasteiger partial charge in [0.25, 0.3) is 10.0 Å². The normalized spacial score (nSPS) is 20.8. The number of pyridine rings is 1. The van der Waals surface area contributed by atoms with Gasteiger partial charge in [0, 0.05) is 50.1 Å². The molecule has 2 aromatic heterocycles. The van der Waals surface area contributed by atoms with Crippen molar-refractivity contribution < 1.29 is 26.7 Å². The summed E-state index contributed by atoms with van der Waals surface area (Å²) in [6, 6.07) is 8.72. The van der Waals surface area contributed by atoms with E-state index in [2.05, 4.69) is 29.9 Å². The van der Waals surface area contributed by atoms with E-state index in [4.69, 9.17) is 21.1 Å². The van der Waals surface area contributed by atoms with Gasteiger partial charge >= 0.3 is 0 Å². The fraction of sp³-hybridized carbons (Fsp3) is 0.387. The summed E-state index contributed by atoms with van der Waals surface area (Å²) in [6.07, 6.45) is 8.46. The minimum Gasteiger partial charge on any atom is -0.480 e. The summed E-state index contributed by atoms with van der Waals surface area (Å²) in [5.74, 6) is -1.68. The number of hydrogen-bond donors (Lipinski definition) is 2. The molecule has 6 rings (SSSR count). The molecule has 2 aliphatic rings. The molecular formula is C31H33ClF2N6O4S. The zero-order valence-corrected chi connectivity index (χ0v) is 26.3. The predicted molar refractivity (Wildman–Crippen MR) is 168 cm³/mol. The Morgan fingerprint density at radius 2 is 1.80 bits per heavy atom. The van der Waals surface area contributed by atoms with Crippen LogP contribution in [0.4, 0.5) is 20.4 Å². The molecule has 238 valence electrons. The van der Waals surface area contributed by atoms with E-state index in [0.29, 0.717) is 29.0 Å². The highest BCUT2D eigenvalue weighted by atomic mass is 35.5. The van der Waals surface area contributed by atoms with Crippen molar-refractivity contribution >= 4 is 44.2 Å². The highest BCUT2D eigenvalue weighted by Gasteiger charge is 2.31. The molecule has 2 aromatic carbocycles. The number of anilines is 2. The maximum absolute atomic E-state index is 15.7. The standard InChI is InChI=1S/C31H33ClF2N6O4S/c1-43-23-11-12-40(17-23)22-6-4-21(5-7-22)37-31-36-15-19-13-18(3-9-25(19)38-31)28-24(33)8-10-26(29(28)34)39-45(41,42)27-14-20(32)16-35-30(27)44-2/h3,8-10,13-16,21-23,39H,4-7,11-12,17H2,1-2H3,(H,36,37,38). The fourth-order valence-electron chi connectivity index (χ4n) is 6.15. The smallest absolute Gasteiger partial charge is 0.267 e. The van der Waals surface area contributed by atoms with E-state index in [-0.39, 0.29) is 22.5 Å². The highest BCUT2D eigenvalue weighted by molar-refractivity contribution is 7.92. The molecule has 1 aliphatic carbocycles. The number of ether oxygens (including phenoxy) is 2. The lowest BCUT2D eigenvalue weighted by atomic mass is 9.90. The quantitative estimate of drug-likeness (QED) is 0.227. The van der Waals surface area contributed by atoms with Crippen molar-refractivity contribution in [2.75, 3.05) is 37.3 Å². The summed E-state index contributed by atoms with van der Waals surface area (Å²) in [6.45, 7) is 2.08. The predicted octanol–water partition coefficient (Wildman–Crippen LogP) is 5.88. The van der Waals surface area contributed by atoms with E-state index < -0.39 is 37.8 Å². The number of hydrogen-bond acceptors (Lipinski definition) is 9. The summed E-state index contributed by atoms with van der Waals surface area (Å²) < 4.78 is 69.6. The van der Waals surface area contributed by atoms with Crippen molar-refractivity contribution in [3.8, 4) is 17.0 Å². The van der Waals surface area contributed by atoms with Crippen molar-refractivity contribution in [2.24, 2.45) is 0 Å². The van der Waals surface area contributed by atoms with E-state index in [0.717, 1.165) is 63.4 Å². The molecule has 0 amide bonds. The second-order valence-corrected chi connectivity index (χ2v) is 13.4. The number of sulfonamides is 1. The summed E-state index contributed by atoms with van der Waals surface area (Å²) in [4.78, 5) is 15.1. The van der Waals surface area contributed by atoms with Crippen LogP contribution in [-0.4, -0.2) is 73.8 Å². The molecule has 0 radical (unpaired) electrons. The van der Waals surface area contributed by atoms with E-state index in [1.165, 1.54) is 19.4 Å². The van der Waals surface area contributed by atoms with E-state index in [1.54, 1.807) is 25.4 Å². The van der Waals surface area contributed by atoms with Crippen LogP contribution in [0.15, 0.2) is 53.7 Å². The van der Waals surface area contributed by atoms with Crippen molar-refractivity contribution in [2.45, 2.75) is 55.2 Å². The fourth-order valence-corrected chi connectivity index (χ4v) is 7.58. The van der Waals surface area contributed by atoms with Gasteiger partial charge in [-0.1, -0.05) is 17.7 Å². The molecular weight excluding hydrogens is 626 g/mol. The van der Waals surface area contributed by atoms with E-state index in [9.17, 15) is 8.42 Å². The average Bonchev–Trinajstić information content (AvgIpc) is 3.52. The first-order chi connectivity index (χ1) is 21.6. The van der Waals surface area contributed by atoms with Gasteiger partial charge in [-0.15, -0.1) is 0 Å². The van der Waals surface area contributed by atoms with Crippen LogP contribution in [0.25, 0.3) is 22.0 Å². The van der Waals surface area contributed by atoms with E-state index in [1.807, 2.05) is 0 Å². The minimum atomic E-state index is -4.39. The number of halogens is 3. The van der Waals surface area contributed by atoms with Crippen LogP contribution in [0.5, 0.6) is 5.88 Å². The lowest BCUT2D eigenvalue weighted by molar-refractivity contribution is 0.0947. The number of likely N-dealkylation sites (tertiary alicyclic amines) is 1. The summed E-state index contributed by atoms with van der Waals surface area (Å²) >= 11 is 5.93. The summed E-state index contributed by atoms with van der Waals surface area (Å²) in [7, 11) is -1.37. The third kappa shape index (κ3) is 6.67. The van der Waals surface area contributed by atoms with Gasteiger partial charge in [0.2, 0.25) is 11.8 Å². The Morgan fingerprint density at radius 1 is 1.00 bits per heavy atom. The second kappa shape index (κ2) is 13.0. The molecule has 45 heavy (non-hydrogen) atoms. The number of aromatic nitrogens is 3. The molecule has 1 saturated heterocycles. The molecule has 4 aromatic rings. The lowest BCUT2D eigenvalue weighted by Gasteiger charge is -2.34. The topological polar surface area (TPSA) is 119 Å². The first-order valence-corrected chi connectivity index (χ1v) is 16.5. The molecule has 0 spiro atoms. The molecule has 1 unspecified atom stereocenters. The third-order valence-electron chi connectivity index (χ3n) is 8.53. The van der Waals surface area contributed by atoms with Gasteiger partial charge in [0.15, 0.2) is 10.7 Å². The van der Waals surface area contributed by atoms with Crippen LogP contribution in [0.2, 0.25) is 5.02 Å². The molecule has 3 heterocycles. The Bertz CT molecular complexity index is 1820. The number of nitrogens with one attached hydrogen (secondary N) is 2. The number of nitrogens with zero attached hydrogens (tertiary/aromatic N) is 4. The lowest BCUT2D eigenvalue weighted by Crippen LogP contribution is -2.40. The van der Waals surface area contributed by atoms with Crippen LogP contribution in [-0.2, 0) is 14.8 Å². The Kier molecular flexibility index (Phi) is 9.05. The maximum atomic E-state index is 15.7. The highest BCUT2D eigenvalue weighted by Crippen LogP contribution is 2.35. The average molecular weight is 659 g/mol. The number of benzene rings is 2. The molecule has 2 N–H and O–H groups in total. The van der Waals surface area contributed by atoms with Gasteiger partial charge in [0.1, 0.15) is 5.82 Å². The first-order valence-electron chi connectivity index (χ1n) is 14.7. The molecule has 1 aliphatic heterocycles. The number of methoxy groups -OCH3 is 2. The van der Waals surface area contributed by atoms with Crippen LogP contribution in [0.1, 0.15) is 32.1 Å².